The van der Waals surface area contributed by atoms with Crippen LogP contribution in [0.5, 0.6) is 0 Å². The minimum Gasteiger partial charge on any atom is -0.240 e. The normalized spacial score (nSPS) is 27.7. The van der Waals surface area contributed by atoms with Crippen LogP contribution < -0.4 is 0 Å². The molecule has 4 aliphatic carbocycles. The van der Waals surface area contributed by atoms with Crippen molar-refractivity contribution >= 4 is 15.9 Å². The number of rotatable bonds is 5. The molecular formula is C29H29N3O2S. The van der Waals surface area contributed by atoms with E-state index in [2.05, 4.69) is 0 Å². The van der Waals surface area contributed by atoms with Crippen LogP contribution in [0.15, 0.2) is 70.6 Å². The highest BCUT2D eigenvalue weighted by Crippen LogP contribution is 2.61. The number of nitrogens with zero attached hydrogens (tertiary/aromatic N) is 3. The molecule has 0 radical (unpaired) electrons. The second kappa shape index (κ2) is 8.20. The average Bonchev–Trinajstić information content (AvgIpc) is 3.27. The maximum Gasteiger partial charge on any atom is 0.216 e. The lowest BCUT2D eigenvalue weighted by atomic mass is 9.48. The van der Waals surface area contributed by atoms with Crippen molar-refractivity contribution < 1.29 is 8.42 Å². The molecule has 0 unspecified atom stereocenters. The third-order valence-corrected chi connectivity index (χ3v) is 10.0. The van der Waals surface area contributed by atoms with E-state index in [1.807, 2.05) is 54.2 Å². The number of allylic oxidation sites excluding steroid dienone is 1. The summed E-state index contributed by atoms with van der Waals surface area (Å²) in [6.45, 7) is 1.91. The van der Waals surface area contributed by atoms with Crippen molar-refractivity contribution in [3.63, 3.8) is 0 Å². The van der Waals surface area contributed by atoms with Crippen molar-refractivity contribution in [3.8, 4) is 11.8 Å². The van der Waals surface area contributed by atoms with Gasteiger partial charge in [0.15, 0.2) is 0 Å². The molecule has 1 heterocycles. The van der Waals surface area contributed by atoms with Gasteiger partial charge in [0.05, 0.1) is 16.3 Å². The molecule has 7 rings (SSSR count). The molecule has 0 atom stereocenters. The molecule has 35 heavy (non-hydrogen) atoms. The number of hydrogen-bond acceptors (Lipinski definition) is 4. The Kier molecular flexibility index (Phi) is 5.23. The summed E-state index contributed by atoms with van der Waals surface area (Å²) in [5.74, 6) is 2.19. The predicted octanol–water partition coefficient (Wildman–Crippen LogP) is 5.99. The molecule has 0 N–H and O–H groups in total. The van der Waals surface area contributed by atoms with Gasteiger partial charge in [0.25, 0.3) is 0 Å². The van der Waals surface area contributed by atoms with Gasteiger partial charge in [0, 0.05) is 17.2 Å². The van der Waals surface area contributed by atoms with E-state index in [9.17, 15) is 13.7 Å². The first kappa shape index (κ1) is 22.3. The lowest BCUT2D eigenvalue weighted by molar-refractivity contribution is -0.00743. The summed E-state index contributed by atoms with van der Waals surface area (Å²) in [4.78, 5) is -0.0948. The van der Waals surface area contributed by atoms with E-state index >= 15 is 0 Å². The second-order valence-corrected chi connectivity index (χ2v) is 12.8. The Morgan fingerprint density at radius 1 is 1.00 bits per heavy atom. The molecule has 5 nitrogen and oxygen atoms in total. The zero-order valence-electron chi connectivity index (χ0n) is 19.9. The maximum absolute atomic E-state index is 13.4. The molecule has 1 aromatic heterocycles. The average molecular weight is 484 g/mol. The largest absolute Gasteiger partial charge is 0.240 e. The molecule has 0 spiro atoms. The van der Waals surface area contributed by atoms with Crippen molar-refractivity contribution in [1.29, 1.82) is 5.26 Å². The van der Waals surface area contributed by atoms with Gasteiger partial charge in [-0.1, -0.05) is 35.9 Å². The number of sulfone groups is 1. The van der Waals surface area contributed by atoms with Crippen LogP contribution in [-0.2, 0) is 15.3 Å². The maximum atomic E-state index is 13.4. The number of benzene rings is 2. The summed E-state index contributed by atoms with van der Waals surface area (Å²) in [6.07, 6.45) is 10.7. The van der Waals surface area contributed by atoms with E-state index in [1.54, 1.807) is 30.3 Å². The molecule has 0 saturated heterocycles. The Balaban J connectivity index is 1.49. The third kappa shape index (κ3) is 3.83. The molecule has 4 saturated carbocycles. The summed E-state index contributed by atoms with van der Waals surface area (Å²) in [5, 5.41) is 15.1. The number of aryl methyl sites for hydroxylation is 1. The van der Waals surface area contributed by atoms with Crippen molar-refractivity contribution in [2.24, 2.45) is 17.8 Å². The molecule has 4 aliphatic rings. The number of aromatic nitrogens is 2. The Morgan fingerprint density at radius 3 is 2.17 bits per heavy atom. The van der Waals surface area contributed by atoms with Crippen LogP contribution >= 0.6 is 0 Å². The van der Waals surface area contributed by atoms with Crippen LogP contribution in [0.1, 0.15) is 55.3 Å². The van der Waals surface area contributed by atoms with Gasteiger partial charge in [0.2, 0.25) is 9.84 Å². The van der Waals surface area contributed by atoms with E-state index in [0.717, 1.165) is 59.5 Å². The van der Waals surface area contributed by atoms with Crippen LogP contribution in [0.3, 0.4) is 0 Å². The summed E-state index contributed by atoms with van der Waals surface area (Å²) < 4.78 is 28.6. The first-order valence-electron chi connectivity index (χ1n) is 12.5. The minimum atomic E-state index is -3.93. The molecule has 0 amide bonds. The molecule has 4 fully saturated rings. The SMILES string of the molecule is Cc1ccc(S(=O)(=O)/C(C#N)=C\c2cn(-c3ccccc3)nc2C23CC4CC(CC(C4)C2)C3)cc1. The van der Waals surface area contributed by atoms with Crippen LogP contribution in [0.25, 0.3) is 11.8 Å². The molecule has 0 aliphatic heterocycles. The Bertz CT molecular complexity index is 1410. The van der Waals surface area contributed by atoms with Gasteiger partial charge in [-0.15, -0.1) is 0 Å². The first-order chi connectivity index (χ1) is 16.9. The molecule has 178 valence electrons. The molecular weight excluding hydrogens is 454 g/mol. The Labute approximate surface area is 207 Å². The fourth-order valence-corrected chi connectivity index (χ4v) is 8.32. The number of para-hydroxylation sites is 1. The van der Waals surface area contributed by atoms with Gasteiger partial charge >= 0.3 is 0 Å². The second-order valence-electron chi connectivity index (χ2n) is 10.8. The Hall–Kier alpha value is -3.17. The fourth-order valence-electron chi connectivity index (χ4n) is 7.17. The smallest absolute Gasteiger partial charge is 0.216 e. The highest BCUT2D eigenvalue weighted by atomic mass is 32.2. The van der Waals surface area contributed by atoms with Gasteiger partial charge in [-0.25, -0.2) is 13.1 Å². The van der Waals surface area contributed by atoms with E-state index in [-0.39, 0.29) is 15.2 Å². The molecule has 2 aromatic carbocycles. The van der Waals surface area contributed by atoms with Crippen molar-refractivity contribution in [2.75, 3.05) is 0 Å². The highest BCUT2D eigenvalue weighted by molar-refractivity contribution is 7.95. The summed E-state index contributed by atoms with van der Waals surface area (Å²) >= 11 is 0. The van der Waals surface area contributed by atoms with E-state index in [1.165, 1.54) is 19.3 Å². The van der Waals surface area contributed by atoms with E-state index in [4.69, 9.17) is 5.10 Å². The first-order valence-corrected chi connectivity index (χ1v) is 13.9. The highest BCUT2D eigenvalue weighted by Gasteiger charge is 2.53. The Morgan fingerprint density at radius 2 is 1.60 bits per heavy atom. The summed E-state index contributed by atoms with van der Waals surface area (Å²) in [5.41, 5.74) is 3.59. The summed E-state index contributed by atoms with van der Waals surface area (Å²) in [6, 6.07) is 18.6. The molecule has 3 aromatic rings. The summed E-state index contributed by atoms with van der Waals surface area (Å²) in [7, 11) is -3.93. The quantitative estimate of drug-likeness (QED) is 0.418. The molecule has 6 heteroatoms. The van der Waals surface area contributed by atoms with E-state index in [0.29, 0.717) is 0 Å². The van der Waals surface area contributed by atoms with Crippen LogP contribution in [0.2, 0.25) is 0 Å². The van der Waals surface area contributed by atoms with Crippen molar-refractivity contribution in [3.05, 3.63) is 82.5 Å². The minimum absolute atomic E-state index is 0.0329. The lowest BCUT2D eigenvalue weighted by Gasteiger charge is -2.56. The fraction of sp³-hybridized carbons (Fsp3) is 0.379. The van der Waals surface area contributed by atoms with Crippen molar-refractivity contribution in [1.82, 2.24) is 9.78 Å². The van der Waals surface area contributed by atoms with Crippen molar-refractivity contribution in [2.45, 2.75) is 55.8 Å². The monoisotopic (exact) mass is 483 g/mol. The van der Waals surface area contributed by atoms with Gasteiger partial charge in [0.1, 0.15) is 11.0 Å². The lowest BCUT2D eigenvalue weighted by Crippen LogP contribution is -2.49. The van der Waals surface area contributed by atoms with Gasteiger partial charge in [-0.2, -0.15) is 10.4 Å². The zero-order chi connectivity index (χ0) is 24.2. The van der Waals surface area contributed by atoms with Crippen LogP contribution in [0.4, 0.5) is 0 Å². The van der Waals surface area contributed by atoms with Gasteiger partial charge in [-0.05, 0) is 93.5 Å². The zero-order valence-corrected chi connectivity index (χ0v) is 20.7. The standard InChI is InChI=1S/C29H29N3O2S/c1-20-7-9-26(10-8-20)35(33,34)27(18-30)14-24-19-32(25-5-3-2-4-6-25)31-28(24)29-15-21-11-22(16-29)13-23(12-21)17-29/h2-10,14,19,21-23H,11-13,15-17H2,1H3/b27-14-. The predicted molar refractivity (Wildman–Crippen MR) is 135 cm³/mol. The van der Waals surface area contributed by atoms with E-state index < -0.39 is 9.84 Å². The molecule has 4 bridgehead atoms. The topological polar surface area (TPSA) is 75.8 Å². The van der Waals surface area contributed by atoms with Gasteiger partial charge in [-0.3, -0.25) is 0 Å². The number of nitriles is 1. The van der Waals surface area contributed by atoms with Crippen LogP contribution in [-0.4, -0.2) is 18.2 Å². The number of hydrogen-bond donors (Lipinski definition) is 0. The third-order valence-electron chi connectivity index (χ3n) is 8.32. The van der Waals surface area contributed by atoms with Gasteiger partial charge < -0.3 is 0 Å². The van der Waals surface area contributed by atoms with Crippen LogP contribution in [0, 0.1) is 36.0 Å².